The minimum Gasteiger partial charge on any atom is -0.497 e. The summed E-state index contributed by atoms with van der Waals surface area (Å²) in [6.45, 7) is 7.20. The van der Waals surface area contributed by atoms with Crippen LogP contribution in [0.25, 0.3) is 10.9 Å². The fourth-order valence-electron chi connectivity index (χ4n) is 4.74. The predicted octanol–water partition coefficient (Wildman–Crippen LogP) is 3.10. The molecule has 1 aromatic heterocycles. The van der Waals surface area contributed by atoms with Gasteiger partial charge < -0.3 is 14.6 Å². The maximum absolute atomic E-state index is 11.7. The van der Waals surface area contributed by atoms with Crippen molar-refractivity contribution in [3.8, 4) is 11.5 Å². The summed E-state index contributed by atoms with van der Waals surface area (Å²) in [5.41, 5.74) is 1.33. The first-order valence-corrected chi connectivity index (χ1v) is 9.71. The Labute approximate surface area is 164 Å². The summed E-state index contributed by atoms with van der Waals surface area (Å²) in [6, 6.07) is 5.50. The zero-order valence-electron chi connectivity index (χ0n) is 16.3. The van der Waals surface area contributed by atoms with Crippen molar-refractivity contribution in [3.05, 3.63) is 42.6 Å². The molecule has 0 spiro atoms. The van der Waals surface area contributed by atoms with E-state index < -0.39 is 12.1 Å². The van der Waals surface area contributed by atoms with Crippen LogP contribution in [0.4, 0.5) is 0 Å². The van der Waals surface area contributed by atoms with Crippen LogP contribution >= 0.6 is 0 Å². The van der Waals surface area contributed by atoms with Gasteiger partial charge in [-0.15, -0.1) is 6.58 Å². The van der Waals surface area contributed by atoms with E-state index in [9.17, 15) is 9.90 Å². The Morgan fingerprint density at radius 3 is 2.93 bits per heavy atom. The van der Waals surface area contributed by atoms with Crippen LogP contribution in [0.5, 0.6) is 11.5 Å². The molecule has 3 saturated heterocycles. The summed E-state index contributed by atoms with van der Waals surface area (Å²) in [7, 11) is 1.60. The second-order valence-corrected chi connectivity index (χ2v) is 7.70. The third-order valence-electron chi connectivity index (χ3n) is 6.15. The van der Waals surface area contributed by atoms with Crippen molar-refractivity contribution in [3.63, 3.8) is 0 Å². The van der Waals surface area contributed by atoms with Gasteiger partial charge in [-0.1, -0.05) is 6.08 Å². The maximum Gasteiger partial charge on any atom is 0.308 e. The molecule has 5 atom stereocenters. The van der Waals surface area contributed by atoms with E-state index in [1.165, 1.54) is 13.1 Å². The van der Waals surface area contributed by atoms with Crippen LogP contribution in [0.3, 0.4) is 0 Å². The van der Waals surface area contributed by atoms with Gasteiger partial charge in [-0.3, -0.25) is 14.7 Å². The second-order valence-electron chi connectivity index (χ2n) is 7.70. The lowest BCUT2D eigenvalue weighted by Gasteiger charge is -2.50. The number of rotatable bonds is 5. The largest absolute Gasteiger partial charge is 0.497 e. The molecule has 28 heavy (non-hydrogen) atoms. The highest BCUT2D eigenvalue weighted by atomic mass is 16.5. The average Bonchev–Trinajstić information content (AvgIpc) is 2.72. The summed E-state index contributed by atoms with van der Waals surface area (Å²) < 4.78 is 10.8. The zero-order valence-corrected chi connectivity index (χ0v) is 16.3. The smallest absolute Gasteiger partial charge is 0.308 e. The number of aromatic nitrogens is 1. The number of pyridine rings is 1. The topological polar surface area (TPSA) is 71.9 Å². The molecule has 0 aliphatic carbocycles. The van der Waals surface area contributed by atoms with E-state index in [1.807, 2.05) is 24.3 Å². The highest BCUT2D eigenvalue weighted by Crippen LogP contribution is 2.44. The third kappa shape index (κ3) is 3.27. The zero-order chi connectivity index (χ0) is 19.8. The number of methoxy groups -OCH3 is 1. The molecular formula is C22H26N2O4. The Balaban J connectivity index is 1.79. The monoisotopic (exact) mass is 382 g/mol. The van der Waals surface area contributed by atoms with Crippen molar-refractivity contribution in [2.45, 2.75) is 31.9 Å². The molecule has 2 aromatic rings. The number of carbonyl (C=O) groups excluding carboxylic acids is 1. The molecule has 1 N–H and O–H groups in total. The number of carbonyl (C=O) groups is 1. The average molecular weight is 382 g/mol. The standard InChI is InChI=1S/C22H26N2O4/c1-4-14-12-24-8-7-15(14)9-19(24)22(26)21-17-10-16(27-3)5-6-18(17)23-11-20(21)28-13(2)25/h4-6,10-11,14-15,19,22,26H,1,7-9,12H2,2-3H3/t14-,15?,19-,22-/m0/s1. The molecule has 2 unspecified atom stereocenters. The lowest BCUT2D eigenvalue weighted by atomic mass is 9.73. The molecule has 0 saturated carbocycles. The Morgan fingerprint density at radius 2 is 2.29 bits per heavy atom. The summed E-state index contributed by atoms with van der Waals surface area (Å²) in [5, 5.41) is 12.2. The number of fused-ring (bicyclic) bond motifs is 4. The van der Waals surface area contributed by atoms with Crippen molar-refractivity contribution in [2.75, 3.05) is 20.2 Å². The van der Waals surface area contributed by atoms with E-state index in [4.69, 9.17) is 9.47 Å². The van der Waals surface area contributed by atoms with Gasteiger partial charge in [0.25, 0.3) is 0 Å². The van der Waals surface area contributed by atoms with Gasteiger partial charge in [-0.05, 0) is 49.4 Å². The number of nitrogens with zero attached hydrogens (tertiary/aromatic N) is 2. The molecule has 5 rings (SSSR count). The molecule has 3 aliphatic rings. The Hall–Kier alpha value is -2.44. The Bertz CT molecular complexity index is 913. The van der Waals surface area contributed by atoms with Crippen LogP contribution in [-0.4, -0.2) is 47.2 Å². The Kier molecular flexibility index (Phi) is 5.08. The van der Waals surface area contributed by atoms with Crippen molar-refractivity contribution in [1.29, 1.82) is 0 Å². The van der Waals surface area contributed by atoms with E-state index in [0.29, 0.717) is 28.9 Å². The molecule has 4 heterocycles. The van der Waals surface area contributed by atoms with Gasteiger partial charge in [-0.2, -0.15) is 0 Å². The highest BCUT2D eigenvalue weighted by molar-refractivity contribution is 5.87. The van der Waals surface area contributed by atoms with Crippen molar-refractivity contribution < 1.29 is 19.4 Å². The fourth-order valence-corrected chi connectivity index (χ4v) is 4.74. The number of hydrogen-bond donors (Lipinski definition) is 1. The van der Waals surface area contributed by atoms with Gasteiger partial charge in [0, 0.05) is 30.5 Å². The Morgan fingerprint density at radius 1 is 1.46 bits per heavy atom. The molecule has 6 nitrogen and oxygen atoms in total. The first kappa shape index (κ1) is 18.9. The molecule has 3 aliphatic heterocycles. The predicted molar refractivity (Wildman–Crippen MR) is 106 cm³/mol. The third-order valence-corrected chi connectivity index (χ3v) is 6.15. The van der Waals surface area contributed by atoms with Crippen LogP contribution in [0.15, 0.2) is 37.1 Å². The molecule has 0 amide bonds. The molecule has 1 aromatic carbocycles. The molecule has 6 heteroatoms. The van der Waals surface area contributed by atoms with Crippen molar-refractivity contribution >= 4 is 16.9 Å². The quantitative estimate of drug-likeness (QED) is 0.633. The summed E-state index contributed by atoms with van der Waals surface area (Å²) in [6.07, 6.45) is 4.79. The highest BCUT2D eigenvalue weighted by Gasteiger charge is 2.43. The van der Waals surface area contributed by atoms with Gasteiger partial charge in [0.2, 0.25) is 0 Å². The minimum atomic E-state index is -0.791. The van der Waals surface area contributed by atoms with Crippen LogP contribution in [-0.2, 0) is 4.79 Å². The van der Waals surface area contributed by atoms with Crippen molar-refractivity contribution in [2.24, 2.45) is 11.8 Å². The normalized spacial score (nSPS) is 27.4. The van der Waals surface area contributed by atoms with E-state index >= 15 is 0 Å². The number of hydrogen-bond acceptors (Lipinski definition) is 6. The van der Waals surface area contributed by atoms with Gasteiger partial charge >= 0.3 is 5.97 Å². The van der Waals surface area contributed by atoms with Crippen LogP contribution in [0, 0.1) is 11.8 Å². The first-order valence-electron chi connectivity index (χ1n) is 9.71. The van der Waals surface area contributed by atoms with Crippen LogP contribution in [0.2, 0.25) is 0 Å². The van der Waals surface area contributed by atoms with Gasteiger partial charge in [0.05, 0.1) is 24.9 Å². The van der Waals surface area contributed by atoms with Gasteiger partial charge in [-0.25, -0.2) is 0 Å². The molecule has 2 bridgehead atoms. The van der Waals surface area contributed by atoms with Gasteiger partial charge in [0.1, 0.15) is 5.75 Å². The molecule has 148 valence electrons. The first-order chi connectivity index (χ1) is 13.5. The summed E-state index contributed by atoms with van der Waals surface area (Å²) >= 11 is 0. The van der Waals surface area contributed by atoms with E-state index in [1.54, 1.807) is 7.11 Å². The number of aliphatic hydroxyl groups excluding tert-OH is 1. The number of benzene rings is 1. The number of ether oxygens (including phenoxy) is 2. The fraction of sp³-hybridized carbons (Fsp3) is 0.455. The lowest BCUT2D eigenvalue weighted by molar-refractivity contribution is -0.132. The minimum absolute atomic E-state index is 0.0268. The maximum atomic E-state index is 11.7. The number of aliphatic hydroxyl groups is 1. The number of piperidine rings is 3. The van der Waals surface area contributed by atoms with E-state index in [-0.39, 0.29) is 6.04 Å². The van der Waals surface area contributed by atoms with Crippen LogP contribution < -0.4 is 9.47 Å². The summed E-state index contributed by atoms with van der Waals surface area (Å²) in [5.74, 6) is 1.54. The van der Waals surface area contributed by atoms with Gasteiger partial charge in [0.15, 0.2) is 5.75 Å². The van der Waals surface area contributed by atoms with Crippen LogP contribution in [0.1, 0.15) is 31.4 Å². The second kappa shape index (κ2) is 7.53. The molecule has 0 radical (unpaired) electrons. The summed E-state index contributed by atoms with van der Waals surface area (Å²) in [4.78, 5) is 18.4. The lowest BCUT2D eigenvalue weighted by Crippen LogP contribution is -2.54. The molecule has 3 fully saturated rings. The SMILES string of the molecule is C=C[C@H]1CN2CCC1C[C@H]2[C@H](O)c1c(OC(C)=O)cnc2ccc(OC)cc12. The van der Waals surface area contributed by atoms with Crippen molar-refractivity contribution in [1.82, 2.24) is 9.88 Å². The number of esters is 1. The van der Waals surface area contributed by atoms with E-state index in [2.05, 4.69) is 16.5 Å². The van der Waals surface area contributed by atoms with E-state index in [0.717, 1.165) is 36.8 Å². The molecular weight excluding hydrogens is 356 g/mol.